The third-order valence-corrected chi connectivity index (χ3v) is 4.84. The normalized spacial score (nSPS) is 14.3. The minimum atomic E-state index is 0.186. The van der Waals surface area contributed by atoms with Crippen LogP contribution in [-0.2, 0) is 11.2 Å². The smallest absolute Gasteiger partial charge is 0.227 e. The first-order chi connectivity index (χ1) is 12.6. The maximum atomic E-state index is 12.6. The molecule has 1 heterocycles. The van der Waals surface area contributed by atoms with Crippen LogP contribution >= 0.6 is 0 Å². The molecule has 2 aromatic carbocycles. The van der Waals surface area contributed by atoms with Crippen molar-refractivity contribution in [3.05, 3.63) is 53.6 Å². The van der Waals surface area contributed by atoms with Crippen LogP contribution in [0.3, 0.4) is 0 Å². The Morgan fingerprint density at radius 2 is 1.65 bits per heavy atom. The van der Waals surface area contributed by atoms with Gasteiger partial charge in [-0.1, -0.05) is 29.8 Å². The third-order valence-electron chi connectivity index (χ3n) is 4.84. The van der Waals surface area contributed by atoms with Crippen LogP contribution in [0.2, 0.25) is 0 Å². The molecule has 0 unspecified atom stereocenters. The molecule has 0 radical (unpaired) electrons. The highest BCUT2D eigenvalue weighted by molar-refractivity contribution is 5.79. The lowest BCUT2D eigenvalue weighted by Gasteiger charge is -2.36. The molecule has 26 heavy (non-hydrogen) atoms. The molecular weight excluding hydrogens is 328 g/mol. The quantitative estimate of drug-likeness (QED) is 0.828. The SMILES string of the molecule is COc1ccc(OC)c(N2CCN(C(=O)Cc3ccc(C)cc3)CC2)c1. The highest BCUT2D eigenvalue weighted by Crippen LogP contribution is 2.32. The second kappa shape index (κ2) is 8.13. The molecule has 5 nitrogen and oxygen atoms in total. The van der Waals surface area contributed by atoms with Crippen LogP contribution in [-0.4, -0.2) is 51.2 Å². The Morgan fingerprint density at radius 3 is 2.27 bits per heavy atom. The minimum Gasteiger partial charge on any atom is -0.497 e. The number of ether oxygens (including phenoxy) is 2. The second-order valence-corrected chi connectivity index (χ2v) is 6.57. The summed E-state index contributed by atoms with van der Waals surface area (Å²) in [5.41, 5.74) is 3.29. The van der Waals surface area contributed by atoms with E-state index in [4.69, 9.17) is 9.47 Å². The molecule has 1 amide bonds. The Labute approximate surface area is 155 Å². The third kappa shape index (κ3) is 4.10. The van der Waals surface area contributed by atoms with Crippen LogP contribution in [0.5, 0.6) is 11.5 Å². The molecule has 1 aliphatic heterocycles. The first-order valence-corrected chi connectivity index (χ1v) is 8.91. The number of anilines is 1. The zero-order valence-electron chi connectivity index (χ0n) is 15.7. The number of carbonyl (C=O) groups excluding carboxylic acids is 1. The van der Waals surface area contributed by atoms with Crippen molar-refractivity contribution in [1.82, 2.24) is 4.90 Å². The Kier molecular flexibility index (Phi) is 5.66. The molecule has 1 saturated heterocycles. The van der Waals surface area contributed by atoms with Gasteiger partial charge in [0.1, 0.15) is 11.5 Å². The predicted molar refractivity (Wildman–Crippen MR) is 103 cm³/mol. The van der Waals surface area contributed by atoms with Gasteiger partial charge in [0.25, 0.3) is 0 Å². The Morgan fingerprint density at radius 1 is 0.962 bits per heavy atom. The van der Waals surface area contributed by atoms with Crippen LogP contribution in [0.25, 0.3) is 0 Å². The Bertz CT molecular complexity index is 750. The van der Waals surface area contributed by atoms with Gasteiger partial charge in [0.2, 0.25) is 5.91 Å². The van der Waals surface area contributed by atoms with Crippen molar-refractivity contribution in [3.8, 4) is 11.5 Å². The van der Waals surface area contributed by atoms with Crippen molar-refractivity contribution in [3.63, 3.8) is 0 Å². The first kappa shape index (κ1) is 18.1. The van der Waals surface area contributed by atoms with Crippen LogP contribution in [0.4, 0.5) is 5.69 Å². The Hall–Kier alpha value is -2.69. The Balaban J connectivity index is 1.62. The van der Waals surface area contributed by atoms with Gasteiger partial charge in [0.15, 0.2) is 0 Å². The van der Waals surface area contributed by atoms with E-state index in [1.807, 2.05) is 35.2 Å². The van der Waals surface area contributed by atoms with Gasteiger partial charge in [-0.2, -0.15) is 0 Å². The van der Waals surface area contributed by atoms with Crippen molar-refractivity contribution in [2.75, 3.05) is 45.3 Å². The zero-order valence-corrected chi connectivity index (χ0v) is 15.7. The van der Waals surface area contributed by atoms with Gasteiger partial charge < -0.3 is 19.3 Å². The lowest BCUT2D eigenvalue weighted by atomic mass is 10.1. The van der Waals surface area contributed by atoms with E-state index in [2.05, 4.69) is 24.0 Å². The molecule has 0 N–H and O–H groups in total. The number of nitrogens with zero attached hydrogens (tertiary/aromatic N) is 2. The van der Waals surface area contributed by atoms with Crippen molar-refractivity contribution in [1.29, 1.82) is 0 Å². The average Bonchev–Trinajstić information content (AvgIpc) is 2.69. The molecule has 3 rings (SSSR count). The van der Waals surface area contributed by atoms with Crippen molar-refractivity contribution >= 4 is 11.6 Å². The van der Waals surface area contributed by atoms with E-state index in [1.165, 1.54) is 5.56 Å². The highest BCUT2D eigenvalue weighted by atomic mass is 16.5. The summed E-state index contributed by atoms with van der Waals surface area (Å²) in [4.78, 5) is 16.8. The number of aryl methyl sites for hydroxylation is 1. The molecule has 0 spiro atoms. The van der Waals surface area contributed by atoms with Crippen molar-refractivity contribution in [2.45, 2.75) is 13.3 Å². The maximum absolute atomic E-state index is 12.6. The van der Waals surface area contributed by atoms with E-state index < -0.39 is 0 Å². The second-order valence-electron chi connectivity index (χ2n) is 6.57. The molecule has 1 aliphatic rings. The molecule has 0 saturated carbocycles. The summed E-state index contributed by atoms with van der Waals surface area (Å²) in [6.45, 7) is 5.04. The van der Waals surface area contributed by atoms with E-state index in [0.717, 1.165) is 35.8 Å². The summed E-state index contributed by atoms with van der Waals surface area (Å²) < 4.78 is 10.8. The lowest BCUT2D eigenvalue weighted by Crippen LogP contribution is -2.49. The van der Waals surface area contributed by atoms with Crippen molar-refractivity contribution in [2.24, 2.45) is 0 Å². The summed E-state index contributed by atoms with van der Waals surface area (Å²) in [5.74, 6) is 1.81. The molecule has 2 aromatic rings. The highest BCUT2D eigenvalue weighted by Gasteiger charge is 2.23. The number of amides is 1. The van der Waals surface area contributed by atoms with E-state index in [-0.39, 0.29) is 5.91 Å². The fourth-order valence-corrected chi connectivity index (χ4v) is 3.23. The number of methoxy groups -OCH3 is 2. The number of benzene rings is 2. The summed E-state index contributed by atoms with van der Waals surface area (Å²) in [6, 6.07) is 14.0. The predicted octanol–water partition coefficient (Wildman–Crippen LogP) is 2.90. The van der Waals surface area contributed by atoms with Gasteiger partial charge in [-0.25, -0.2) is 0 Å². The first-order valence-electron chi connectivity index (χ1n) is 8.91. The number of rotatable bonds is 5. The molecule has 0 aromatic heterocycles. The van der Waals surface area contributed by atoms with Gasteiger partial charge >= 0.3 is 0 Å². The summed E-state index contributed by atoms with van der Waals surface area (Å²) in [7, 11) is 3.33. The van der Waals surface area contributed by atoms with E-state index in [1.54, 1.807) is 14.2 Å². The van der Waals surface area contributed by atoms with Crippen LogP contribution in [0, 0.1) is 6.92 Å². The molecular formula is C21H26N2O3. The number of piperazine rings is 1. The molecule has 0 bridgehead atoms. The number of hydrogen-bond acceptors (Lipinski definition) is 4. The zero-order chi connectivity index (χ0) is 18.5. The van der Waals surface area contributed by atoms with Gasteiger partial charge in [-0.05, 0) is 24.6 Å². The molecule has 138 valence electrons. The van der Waals surface area contributed by atoms with Gasteiger partial charge in [0.05, 0.1) is 26.3 Å². The number of hydrogen-bond donors (Lipinski definition) is 0. The van der Waals surface area contributed by atoms with Crippen LogP contribution in [0.15, 0.2) is 42.5 Å². The monoisotopic (exact) mass is 354 g/mol. The lowest BCUT2D eigenvalue weighted by molar-refractivity contribution is -0.130. The van der Waals surface area contributed by atoms with Crippen LogP contribution < -0.4 is 14.4 Å². The topological polar surface area (TPSA) is 42.0 Å². The molecule has 0 atom stereocenters. The summed E-state index contributed by atoms with van der Waals surface area (Å²) in [6.07, 6.45) is 0.461. The summed E-state index contributed by atoms with van der Waals surface area (Å²) in [5, 5.41) is 0. The van der Waals surface area contributed by atoms with E-state index in [9.17, 15) is 4.79 Å². The summed E-state index contributed by atoms with van der Waals surface area (Å²) >= 11 is 0. The number of carbonyl (C=O) groups is 1. The van der Waals surface area contributed by atoms with Gasteiger partial charge in [0, 0.05) is 32.2 Å². The van der Waals surface area contributed by atoms with E-state index >= 15 is 0 Å². The average molecular weight is 354 g/mol. The minimum absolute atomic E-state index is 0.186. The standard InChI is InChI=1S/C21H26N2O3/c1-16-4-6-17(7-5-16)14-21(24)23-12-10-22(11-13-23)19-15-18(25-2)8-9-20(19)26-3/h4-9,15H,10-14H2,1-3H3. The fraction of sp³-hybridized carbons (Fsp3) is 0.381. The fourth-order valence-electron chi connectivity index (χ4n) is 3.23. The van der Waals surface area contributed by atoms with E-state index in [0.29, 0.717) is 19.5 Å². The molecule has 1 fully saturated rings. The largest absolute Gasteiger partial charge is 0.497 e. The van der Waals surface area contributed by atoms with Crippen LogP contribution in [0.1, 0.15) is 11.1 Å². The van der Waals surface area contributed by atoms with Gasteiger partial charge in [-0.3, -0.25) is 4.79 Å². The molecule has 0 aliphatic carbocycles. The van der Waals surface area contributed by atoms with Crippen molar-refractivity contribution < 1.29 is 14.3 Å². The molecule has 5 heteroatoms. The maximum Gasteiger partial charge on any atom is 0.227 e. The van der Waals surface area contributed by atoms with Gasteiger partial charge in [-0.15, -0.1) is 0 Å².